The molecule has 0 unspecified atom stereocenters. The molecule has 3 rings (SSSR count). The number of nitrogens with zero attached hydrogens (tertiary/aromatic N) is 2. The van der Waals surface area contributed by atoms with Crippen molar-refractivity contribution < 1.29 is 4.42 Å². The van der Waals surface area contributed by atoms with E-state index >= 15 is 0 Å². The highest BCUT2D eigenvalue weighted by atomic mass is 16.3. The van der Waals surface area contributed by atoms with E-state index in [-0.39, 0.29) is 0 Å². The Bertz CT molecular complexity index is 576. The maximum absolute atomic E-state index is 5.85. The zero-order valence-electron chi connectivity index (χ0n) is 12.6. The highest BCUT2D eigenvalue weighted by Gasteiger charge is 2.31. The Morgan fingerprint density at radius 3 is 2.86 bits per heavy atom. The Hall–Kier alpha value is -1.81. The first-order valence-electron chi connectivity index (χ1n) is 7.79. The lowest BCUT2D eigenvalue weighted by atomic mass is 10.1. The summed E-state index contributed by atoms with van der Waals surface area (Å²) in [4.78, 5) is 7.20. The Morgan fingerprint density at radius 2 is 2.24 bits per heavy atom. The molecule has 0 radical (unpaired) electrons. The quantitative estimate of drug-likeness (QED) is 0.848. The zero-order chi connectivity index (χ0) is 14.7. The van der Waals surface area contributed by atoms with Gasteiger partial charge < -0.3 is 15.1 Å². The molecule has 2 heterocycles. The van der Waals surface area contributed by atoms with Gasteiger partial charge in [0.2, 0.25) is 0 Å². The molecule has 0 spiro atoms. The van der Waals surface area contributed by atoms with Gasteiger partial charge in [0.1, 0.15) is 11.6 Å². The summed E-state index contributed by atoms with van der Waals surface area (Å²) in [6.45, 7) is 3.52. The standard InChI is InChI=1S/C17H23N3O/c1-2-4-14-9-13(11-18)10-17(19-14)20(15-6-7-15)12-16-5-3-8-21-16/h3,5,8-10,15H,2,4,6-7,11-12,18H2,1H3. The fourth-order valence-electron chi connectivity index (χ4n) is 2.64. The van der Waals surface area contributed by atoms with E-state index in [1.807, 2.05) is 12.1 Å². The number of anilines is 1. The van der Waals surface area contributed by atoms with Crippen molar-refractivity contribution in [2.24, 2.45) is 5.73 Å². The van der Waals surface area contributed by atoms with Crippen LogP contribution in [-0.2, 0) is 19.5 Å². The number of furan rings is 1. The van der Waals surface area contributed by atoms with E-state index in [0.717, 1.165) is 42.2 Å². The molecule has 2 aromatic rings. The molecular weight excluding hydrogens is 262 g/mol. The summed E-state index contributed by atoms with van der Waals surface area (Å²) in [5.74, 6) is 2.03. The second kappa shape index (κ2) is 6.31. The lowest BCUT2D eigenvalue weighted by Crippen LogP contribution is -2.26. The fourth-order valence-corrected chi connectivity index (χ4v) is 2.64. The first-order valence-corrected chi connectivity index (χ1v) is 7.79. The molecule has 0 saturated heterocycles. The van der Waals surface area contributed by atoms with Gasteiger partial charge in [-0.2, -0.15) is 0 Å². The van der Waals surface area contributed by atoms with Crippen molar-refractivity contribution >= 4 is 5.82 Å². The van der Waals surface area contributed by atoms with Crippen molar-refractivity contribution in [3.05, 3.63) is 47.5 Å². The van der Waals surface area contributed by atoms with Crippen LogP contribution in [0, 0.1) is 0 Å². The van der Waals surface area contributed by atoms with Gasteiger partial charge in [-0.1, -0.05) is 13.3 Å². The molecule has 21 heavy (non-hydrogen) atoms. The van der Waals surface area contributed by atoms with Gasteiger partial charge in [0.25, 0.3) is 0 Å². The van der Waals surface area contributed by atoms with Crippen LogP contribution in [-0.4, -0.2) is 11.0 Å². The SMILES string of the molecule is CCCc1cc(CN)cc(N(Cc2ccco2)C2CC2)n1. The molecule has 1 saturated carbocycles. The summed E-state index contributed by atoms with van der Waals surface area (Å²) in [6.07, 6.45) is 6.30. The summed E-state index contributed by atoms with van der Waals surface area (Å²) in [6, 6.07) is 8.80. The molecule has 0 amide bonds. The normalized spacial score (nSPS) is 14.4. The number of aryl methyl sites for hydroxylation is 1. The van der Waals surface area contributed by atoms with Gasteiger partial charge in [-0.25, -0.2) is 4.98 Å². The number of nitrogens with two attached hydrogens (primary N) is 1. The van der Waals surface area contributed by atoms with Crippen molar-refractivity contribution in [1.82, 2.24) is 4.98 Å². The third kappa shape index (κ3) is 3.45. The minimum Gasteiger partial charge on any atom is -0.467 e. The van der Waals surface area contributed by atoms with Crippen molar-refractivity contribution in [2.75, 3.05) is 4.90 Å². The van der Waals surface area contributed by atoms with Crippen LogP contribution in [0.5, 0.6) is 0 Å². The molecule has 1 aliphatic carbocycles. The summed E-state index contributed by atoms with van der Waals surface area (Å²) < 4.78 is 5.50. The lowest BCUT2D eigenvalue weighted by molar-refractivity contribution is 0.500. The third-order valence-corrected chi connectivity index (χ3v) is 3.85. The largest absolute Gasteiger partial charge is 0.467 e. The smallest absolute Gasteiger partial charge is 0.129 e. The molecular formula is C17H23N3O. The van der Waals surface area contributed by atoms with Crippen molar-refractivity contribution in [3.63, 3.8) is 0 Å². The van der Waals surface area contributed by atoms with E-state index in [4.69, 9.17) is 15.1 Å². The second-order valence-electron chi connectivity index (χ2n) is 5.72. The molecule has 0 atom stereocenters. The average Bonchev–Trinajstić information content (AvgIpc) is 3.21. The van der Waals surface area contributed by atoms with Crippen LogP contribution < -0.4 is 10.6 Å². The summed E-state index contributed by atoms with van der Waals surface area (Å²) in [5.41, 5.74) is 8.15. The van der Waals surface area contributed by atoms with Crippen LogP contribution >= 0.6 is 0 Å². The minimum absolute atomic E-state index is 0.561. The van der Waals surface area contributed by atoms with E-state index in [9.17, 15) is 0 Å². The van der Waals surface area contributed by atoms with Gasteiger partial charge in [-0.05, 0) is 49.1 Å². The van der Waals surface area contributed by atoms with Crippen LogP contribution in [0.3, 0.4) is 0 Å². The lowest BCUT2D eigenvalue weighted by Gasteiger charge is -2.23. The molecule has 0 aromatic carbocycles. The van der Waals surface area contributed by atoms with Gasteiger partial charge >= 0.3 is 0 Å². The summed E-state index contributed by atoms with van der Waals surface area (Å²) in [5, 5.41) is 0. The predicted octanol–water partition coefficient (Wildman–Crippen LogP) is 3.25. The van der Waals surface area contributed by atoms with Gasteiger partial charge in [0.15, 0.2) is 0 Å². The van der Waals surface area contributed by atoms with E-state index in [0.29, 0.717) is 12.6 Å². The van der Waals surface area contributed by atoms with Crippen LogP contribution in [0.2, 0.25) is 0 Å². The van der Waals surface area contributed by atoms with Gasteiger partial charge in [-0.3, -0.25) is 0 Å². The fraction of sp³-hybridized carbons (Fsp3) is 0.471. The van der Waals surface area contributed by atoms with E-state index in [2.05, 4.69) is 24.0 Å². The Morgan fingerprint density at radius 1 is 1.38 bits per heavy atom. The van der Waals surface area contributed by atoms with E-state index < -0.39 is 0 Å². The first-order chi connectivity index (χ1) is 10.3. The second-order valence-corrected chi connectivity index (χ2v) is 5.72. The summed E-state index contributed by atoms with van der Waals surface area (Å²) >= 11 is 0. The number of hydrogen-bond donors (Lipinski definition) is 1. The highest BCUT2D eigenvalue weighted by Crippen LogP contribution is 2.33. The van der Waals surface area contributed by atoms with Crippen molar-refractivity contribution in [2.45, 2.75) is 51.7 Å². The van der Waals surface area contributed by atoms with Gasteiger partial charge in [0, 0.05) is 18.3 Å². The molecule has 4 nitrogen and oxygen atoms in total. The van der Waals surface area contributed by atoms with Crippen molar-refractivity contribution in [3.8, 4) is 0 Å². The first kappa shape index (κ1) is 14.1. The van der Waals surface area contributed by atoms with E-state index in [1.165, 1.54) is 12.8 Å². The summed E-state index contributed by atoms with van der Waals surface area (Å²) in [7, 11) is 0. The van der Waals surface area contributed by atoms with Gasteiger partial charge in [-0.15, -0.1) is 0 Å². The number of pyridine rings is 1. The van der Waals surface area contributed by atoms with Crippen molar-refractivity contribution in [1.29, 1.82) is 0 Å². The molecule has 1 aliphatic rings. The Kier molecular flexibility index (Phi) is 4.25. The zero-order valence-corrected chi connectivity index (χ0v) is 12.6. The number of rotatable bonds is 7. The molecule has 0 bridgehead atoms. The molecule has 0 aliphatic heterocycles. The molecule has 4 heteroatoms. The van der Waals surface area contributed by atoms with Crippen LogP contribution in [0.15, 0.2) is 34.9 Å². The predicted molar refractivity (Wildman–Crippen MR) is 84.0 cm³/mol. The number of hydrogen-bond acceptors (Lipinski definition) is 4. The monoisotopic (exact) mass is 285 g/mol. The van der Waals surface area contributed by atoms with Crippen LogP contribution in [0.25, 0.3) is 0 Å². The van der Waals surface area contributed by atoms with E-state index in [1.54, 1.807) is 6.26 Å². The minimum atomic E-state index is 0.561. The average molecular weight is 285 g/mol. The number of aromatic nitrogens is 1. The molecule has 1 fully saturated rings. The maximum Gasteiger partial charge on any atom is 0.129 e. The third-order valence-electron chi connectivity index (χ3n) is 3.85. The molecule has 112 valence electrons. The topological polar surface area (TPSA) is 55.3 Å². The Labute approximate surface area is 126 Å². The highest BCUT2D eigenvalue weighted by molar-refractivity contribution is 5.45. The van der Waals surface area contributed by atoms with Crippen LogP contribution in [0.4, 0.5) is 5.82 Å². The van der Waals surface area contributed by atoms with Crippen LogP contribution in [0.1, 0.15) is 43.2 Å². The van der Waals surface area contributed by atoms with Gasteiger partial charge in [0.05, 0.1) is 12.8 Å². The molecule has 2 aromatic heterocycles. The maximum atomic E-state index is 5.85. The Balaban J connectivity index is 1.88. The molecule has 2 N–H and O–H groups in total.